The Balaban J connectivity index is 1.54. The molecule has 2 N–H and O–H groups in total. The van der Waals surface area contributed by atoms with Gasteiger partial charge in [0.05, 0.1) is 12.5 Å². The van der Waals surface area contributed by atoms with Gasteiger partial charge in [-0.15, -0.1) is 0 Å². The molecule has 0 saturated carbocycles. The Labute approximate surface area is 121 Å². The Kier molecular flexibility index (Phi) is 3.66. The minimum absolute atomic E-state index is 0.167. The van der Waals surface area contributed by atoms with Gasteiger partial charge in [0.25, 0.3) is 0 Å². The largest absolute Gasteiger partial charge is 0.481 e. The van der Waals surface area contributed by atoms with Crippen molar-refractivity contribution in [3.8, 4) is 11.5 Å². The molecule has 2 aliphatic heterocycles. The van der Waals surface area contributed by atoms with E-state index in [1.165, 1.54) is 0 Å². The molecule has 1 unspecified atom stereocenters. The number of fused-ring (bicyclic) bond motifs is 1. The molecule has 1 amide bonds. The fourth-order valence-electron chi connectivity index (χ4n) is 2.56. The van der Waals surface area contributed by atoms with Gasteiger partial charge < -0.3 is 19.9 Å². The Morgan fingerprint density at radius 3 is 2.90 bits per heavy atom. The van der Waals surface area contributed by atoms with Crippen molar-refractivity contribution in [2.75, 3.05) is 31.7 Å². The first kappa shape index (κ1) is 13.7. The van der Waals surface area contributed by atoms with E-state index in [9.17, 15) is 9.59 Å². The second kappa shape index (κ2) is 5.61. The number of nitrogens with zero attached hydrogens (tertiary/aromatic N) is 1. The number of aliphatic carboxylic acids is 1. The maximum absolute atomic E-state index is 12.0. The lowest BCUT2D eigenvalue weighted by Gasteiger charge is -2.14. The molecular weight excluding hydrogens is 276 g/mol. The highest BCUT2D eigenvalue weighted by Gasteiger charge is 2.28. The molecule has 0 bridgehead atoms. The Morgan fingerprint density at radius 2 is 2.14 bits per heavy atom. The van der Waals surface area contributed by atoms with Gasteiger partial charge in [0.1, 0.15) is 0 Å². The fourth-order valence-corrected chi connectivity index (χ4v) is 2.56. The van der Waals surface area contributed by atoms with Crippen LogP contribution in [-0.2, 0) is 9.59 Å². The number of hydrogen-bond donors (Lipinski definition) is 2. The smallest absolute Gasteiger partial charge is 0.307 e. The summed E-state index contributed by atoms with van der Waals surface area (Å²) < 4.78 is 10.4. The van der Waals surface area contributed by atoms with Crippen LogP contribution >= 0.6 is 0 Å². The number of likely N-dealkylation sites (tertiary alicyclic amines) is 1. The molecule has 1 atom stereocenters. The molecule has 7 nitrogen and oxygen atoms in total. The van der Waals surface area contributed by atoms with Crippen LogP contribution in [0.15, 0.2) is 18.2 Å². The first-order valence-electron chi connectivity index (χ1n) is 6.76. The zero-order valence-corrected chi connectivity index (χ0v) is 11.4. The minimum Gasteiger partial charge on any atom is -0.481 e. The molecule has 1 saturated heterocycles. The molecule has 0 aromatic heterocycles. The Morgan fingerprint density at radius 1 is 1.33 bits per heavy atom. The highest BCUT2D eigenvalue weighted by molar-refractivity contribution is 5.92. The predicted molar refractivity (Wildman–Crippen MR) is 73.4 cm³/mol. The van der Waals surface area contributed by atoms with Crippen LogP contribution in [0.3, 0.4) is 0 Å². The number of amides is 1. The van der Waals surface area contributed by atoms with Crippen molar-refractivity contribution in [3.63, 3.8) is 0 Å². The van der Waals surface area contributed by atoms with Gasteiger partial charge in [0, 0.05) is 18.3 Å². The summed E-state index contributed by atoms with van der Waals surface area (Å²) in [5.41, 5.74) is 0.637. The van der Waals surface area contributed by atoms with Gasteiger partial charge in [0.15, 0.2) is 11.5 Å². The van der Waals surface area contributed by atoms with Gasteiger partial charge in [-0.25, -0.2) is 0 Å². The standard InChI is InChI=1S/C14H16N2O5/c17-13(7-16-4-3-9(6-16)14(18)19)15-10-1-2-11-12(5-10)21-8-20-11/h1-2,5,9H,3-4,6-8H2,(H,15,17)(H,18,19). The average Bonchev–Trinajstić information content (AvgIpc) is 3.06. The van der Waals surface area contributed by atoms with Crippen LogP contribution in [0.25, 0.3) is 0 Å². The quantitative estimate of drug-likeness (QED) is 0.852. The second-order valence-corrected chi connectivity index (χ2v) is 5.18. The third kappa shape index (κ3) is 3.08. The Bertz CT molecular complexity index is 574. The molecular formula is C14H16N2O5. The van der Waals surface area contributed by atoms with Crippen molar-refractivity contribution in [1.29, 1.82) is 0 Å². The first-order chi connectivity index (χ1) is 10.1. The summed E-state index contributed by atoms with van der Waals surface area (Å²) in [4.78, 5) is 24.7. The van der Waals surface area contributed by atoms with E-state index in [-0.39, 0.29) is 25.2 Å². The minimum atomic E-state index is -0.798. The van der Waals surface area contributed by atoms with E-state index < -0.39 is 5.97 Å². The van der Waals surface area contributed by atoms with Crippen LogP contribution < -0.4 is 14.8 Å². The summed E-state index contributed by atoms with van der Waals surface area (Å²) in [5, 5.41) is 11.7. The topological polar surface area (TPSA) is 88.1 Å². The number of carboxylic acids is 1. The van der Waals surface area contributed by atoms with Crippen LogP contribution in [0.1, 0.15) is 6.42 Å². The number of nitrogens with one attached hydrogen (secondary N) is 1. The molecule has 21 heavy (non-hydrogen) atoms. The van der Waals surface area contributed by atoms with E-state index in [2.05, 4.69) is 5.32 Å². The number of carbonyl (C=O) groups is 2. The summed E-state index contributed by atoms with van der Waals surface area (Å²) in [6, 6.07) is 5.20. The molecule has 7 heteroatoms. The van der Waals surface area contributed by atoms with Crippen LogP contribution in [0.4, 0.5) is 5.69 Å². The van der Waals surface area contributed by atoms with E-state index in [1.807, 2.05) is 4.90 Å². The van der Waals surface area contributed by atoms with E-state index in [4.69, 9.17) is 14.6 Å². The molecule has 0 spiro atoms. The maximum atomic E-state index is 12.0. The van der Waals surface area contributed by atoms with Crippen LogP contribution in [0.2, 0.25) is 0 Å². The van der Waals surface area contributed by atoms with E-state index in [0.717, 1.165) is 0 Å². The van der Waals surface area contributed by atoms with Crippen molar-refractivity contribution >= 4 is 17.6 Å². The van der Waals surface area contributed by atoms with E-state index in [0.29, 0.717) is 36.7 Å². The first-order valence-corrected chi connectivity index (χ1v) is 6.76. The molecule has 0 radical (unpaired) electrons. The number of ether oxygens (including phenoxy) is 2. The summed E-state index contributed by atoms with van der Waals surface area (Å²) >= 11 is 0. The van der Waals surface area contributed by atoms with Gasteiger partial charge in [-0.3, -0.25) is 14.5 Å². The zero-order valence-electron chi connectivity index (χ0n) is 11.4. The number of carbonyl (C=O) groups excluding carboxylic acids is 1. The maximum Gasteiger partial charge on any atom is 0.307 e. The SMILES string of the molecule is O=C(CN1CCC(C(=O)O)C1)Nc1ccc2c(c1)OCO2. The highest BCUT2D eigenvalue weighted by atomic mass is 16.7. The molecule has 3 rings (SSSR count). The normalized spacial score (nSPS) is 20.5. The lowest BCUT2D eigenvalue weighted by Crippen LogP contribution is -2.32. The number of benzene rings is 1. The molecule has 112 valence electrons. The molecule has 0 aliphatic carbocycles. The summed E-state index contributed by atoms with van der Waals surface area (Å²) in [5.74, 6) is -0.0614. The zero-order chi connectivity index (χ0) is 14.8. The van der Waals surface area contributed by atoms with E-state index >= 15 is 0 Å². The lowest BCUT2D eigenvalue weighted by molar-refractivity contribution is -0.141. The summed E-state index contributed by atoms with van der Waals surface area (Å²) in [7, 11) is 0. The number of hydrogen-bond acceptors (Lipinski definition) is 5. The highest BCUT2D eigenvalue weighted by Crippen LogP contribution is 2.34. The van der Waals surface area contributed by atoms with Gasteiger partial charge >= 0.3 is 5.97 Å². The lowest BCUT2D eigenvalue weighted by atomic mass is 10.1. The van der Waals surface area contributed by atoms with Crippen LogP contribution in [0.5, 0.6) is 11.5 Å². The van der Waals surface area contributed by atoms with Gasteiger partial charge in [-0.05, 0) is 25.1 Å². The van der Waals surface area contributed by atoms with Crippen molar-refractivity contribution in [1.82, 2.24) is 4.90 Å². The summed E-state index contributed by atoms with van der Waals surface area (Å²) in [6.45, 7) is 1.44. The number of carboxylic acid groups (broad SMARTS) is 1. The monoisotopic (exact) mass is 292 g/mol. The average molecular weight is 292 g/mol. The van der Waals surface area contributed by atoms with Crippen LogP contribution in [0, 0.1) is 5.92 Å². The molecule has 1 fully saturated rings. The number of anilines is 1. The number of rotatable bonds is 4. The predicted octanol–water partition coefficient (Wildman–Crippen LogP) is 0.760. The van der Waals surface area contributed by atoms with Crippen molar-refractivity contribution in [2.24, 2.45) is 5.92 Å². The van der Waals surface area contributed by atoms with Gasteiger partial charge in [-0.1, -0.05) is 0 Å². The fraction of sp³-hybridized carbons (Fsp3) is 0.429. The molecule has 1 aromatic rings. The van der Waals surface area contributed by atoms with Gasteiger partial charge in [0.2, 0.25) is 12.7 Å². The van der Waals surface area contributed by atoms with E-state index in [1.54, 1.807) is 18.2 Å². The van der Waals surface area contributed by atoms with Crippen molar-refractivity contribution in [2.45, 2.75) is 6.42 Å². The van der Waals surface area contributed by atoms with Crippen molar-refractivity contribution < 1.29 is 24.2 Å². The van der Waals surface area contributed by atoms with Crippen molar-refractivity contribution in [3.05, 3.63) is 18.2 Å². The summed E-state index contributed by atoms with van der Waals surface area (Å²) in [6.07, 6.45) is 0.590. The molecule has 1 aromatic carbocycles. The van der Waals surface area contributed by atoms with Crippen LogP contribution in [-0.4, -0.2) is 48.3 Å². The second-order valence-electron chi connectivity index (χ2n) is 5.18. The third-order valence-corrected chi connectivity index (χ3v) is 3.65. The molecule has 2 heterocycles. The molecule has 2 aliphatic rings. The third-order valence-electron chi connectivity index (χ3n) is 3.65. The van der Waals surface area contributed by atoms with Gasteiger partial charge in [-0.2, -0.15) is 0 Å². The Hall–Kier alpha value is -2.28.